The zero-order chi connectivity index (χ0) is 12.2. The number of ether oxygens (including phenoxy) is 1. The van der Waals surface area contributed by atoms with Crippen LogP contribution in [0.4, 0.5) is 0 Å². The summed E-state index contributed by atoms with van der Waals surface area (Å²) in [6, 6.07) is 0.457. The fourth-order valence-corrected chi connectivity index (χ4v) is 2.18. The molecule has 0 aromatic heterocycles. The Morgan fingerprint density at radius 2 is 2.31 bits per heavy atom. The Labute approximate surface area is 97.6 Å². The molecule has 4 nitrogen and oxygen atoms in total. The molecule has 94 valence electrons. The van der Waals surface area contributed by atoms with Gasteiger partial charge in [0.2, 0.25) is 0 Å². The van der Waals surface area contributed by atoms with Crippen molar-refractivity contribution in [1.82, 2.24) is 4.90 Å². The van der Waals surface area contributed by atoms with E-state index in [1.807, 2.05) is 7.05 Å². The lowest BCUT2D eigenvalue weighted by Crippen LogP contribution is -2.46. The third kappa shape index (κ3) is 3.76. The lowest BCUT2D eigenvalue weighted by Gasteiger charge is -2.41. The van der Waals surface area contributed by atoms with Gasteiger partial charge in [-0.05, 0) is 33.2 Å². The number of hydrogen-bond acceptors (Lipinski definition) is 3. The Morgan fingerprint density at radius 1 is 1.62 bits per heavy atom. The molecule has 0 radical (unpaired) electrons. The molecule has 1 aliphatic heterocycles. The molecule has 1 aliphatic rings. The van der Waals surface area contributed by atoms with Gasteiger partial charge in [0.15, 0.2) is 0 Å². The van der Waals surface area contributed by atoms with Crippen LogP contribution in [0, 0.1) is 0 Å². The minimum Gasteiger partial charge on any atom is -0.481 e. The van der Waals surface area contributed by atoms with Gasteiger partial charge in [-0.3, -0.25) is 4.79 Å². The van der Waals surface area contributed by atoms with Crippen molar-refractivity contribution in [3.05, 3.63) is 0 Å². The van der Waals surface area contributed by atoms with Crippen molar-refractivity contribution in [1.29, 1.82) is 0 Å². The van der Waals surface area contributed by atoms with E-state index in [2.05, 4.69) is 18.7 Å². The van der Waals surface area contributed by atoms with Gasteiger partial charge in [-0.25, -0.2) is 0 Å². The van der Waals surface area contributed by atoms with E-state index in [9.17, 15) is 4.79 Å². The van der Waals surface area contributed by atoms with Crippen LogP contribution >= 0.6 is 0 Å². The molecule has 1 fully saturated rings. The Hall–Kier alpha value is -0.610. The number of hydrogen-bond donors (Lipinski definition) is 1. The topological polar surface area (TPSA) is 49.8 Å². The molecular formula is C12H23NO3. The third-order valence-electron chi connectivity index (χ3n) is 3.62. The largest absolute Gasteiger partial charge is 0.481 e. The van der Waals surface area contributed by atoms with Crippen LogP contribution in [0.5, 0.6) is 0 Å². The molecule has 0 aromatic carbocycles. The van der Waals surface area contributed by atoms with Crippen LogP contribution in [0.1, 0.15) is 39.5 Å². The van der Waals surface area contributed by atoms with Crippen LogP contribution in [0.25, 0.3) is 0 Å². The first kappa shape index (κ1) is 13.5. The molecule has 2 unspecified atom stereocenters. The summed E-state index contributed by atoms with van der Waals surface area (Å²) in [5.41, 5.74) is -0.0274. The van der Waals surface area contributed by atoms with Gasteiger partial charge in [0.25, 0.3) is 0 Å². The third-order valence-corrected chi connectivity index (χ3v) is 3.62. The predicted octanol–water partition coefficient (Wildman–Crippen LogP) is 1.74. The molecule has 0 saturated carbocycles. The Kier molecular flexibility index (Phi) is 4.74. The van der Waals surface area contributed by atoms with Crippen LogP contribution in [0.3, 0.4) is 0 Å². The predicted molar refractivity (Wildman–Crippen MR) is 62.6 cm³/mol. The van der Waals surface area contributed by atoms with Crippen molar-refractivity contribution in [2.24, 2.45) is 0 Å². The fraction of sp³-hybridized carbons (Fsp3) is 0.917. The Morgan fingerprint density at radius 3 is 2.88 bits per heavy atom. The second kappa shape index (κ2) is 5.64. The zero-order valence-corrected chi connectivity index (χ0v) is 10.5. The monoisotopic (exact) mass is 229 g/mol. The lowest BCUT2D eigenvalue weighted by molar-refractivity contribution is -0.137. The van der Waals surface area contributed by atoms with Gasteiger partial charge in [0, 0.05) is 19.2 Å². The summed E-state index contributed by atoms with van der Waals surface area (Å²) in [4.78, 5) is 12.7. The van der Waals surface area contributed by atoms with Gasteiger partial charge in [-0.2, -0.15) is 0 Å². The molecule has 1 saturated heterocycles. The molecule has 0 spiro atoms. The smallest absolute Gasteiger partial charge is 0.304 e. The summed E-state index contributed by atoms with van der Waals surface area (Å²) < 4.78 is 5.78. The molecule has 0 amide bonds. The van der Waals surface area contributed by atoms with E-state index in [-0.39, 0.29) is 12.0 Å². The maximum Gasteiger partial charge on any atom is 0.304 e. The van der Waals surface area contributed by atoms with Gasteiger partial charge in [0.1, 0.15) is 0 Å². The van der Waals surface area contributed by atoms with Crippen LogP contribution in [-0.2, 0) is 9.53 Å². The van der Waals surface area contributed by atoms with Crippen LogP contribution in [0.15, 0.2) is 0 Å². The fourth-order valence-electron chi connectivity index (χ4n) is 2.18. The average molecular weight is 229 g/mol. The van der Waals surface area contributed by atoms with E-state index < -0.39 is 5.97 Å². The zero-order valence-electron chi connectivity index (χ0n) is 10.5. The number of carbonyl (C=O) groups is 1. The summed E-state index contributed by atoms with van der Waals surface area (Å²) in [5.74, 6) is -0.725. The molecule has 0 aromatic rings. The SMILES string of the molecule is CCC1(C)CC(N(C)CCC(=O)O)CCO1. The van der Waals surface area contributed by atoms with Crippen LogP contribution in [0.2, 0.25) is 0 Å². The normalized spacial score (nSPS) is 30.6. The number of aliphatic carboxylic acids is 1. The lowest BCUT2D eigenvalue weighted by atomic mass is 9.89. The summed E-state index contributed by atoms with van der Waals surface area (Å²) in [7, 11) is 2.01. The van der Waals surface area contributed by atoms with E-state index in [0.29, 0.717) is 12.6 Å². The molecule has 1 N–H and O–H groups in total. The molecule has 0 bridgehead atoms. The number of rotatable bonds is 5. The highest BCUT2D eigenvalue weighted by molar-refractivity contribution is 5.66. The summed E-state index contributed by atoms with van der Waals surface area (Å²) in [6.07, 6.45) is 3.23. The van der Waals surface area contributed by atoms with Crippen molar-refractivity contribution < 1.29 is 14.6 Å². The van der Waals surface area contributed by atoms with Gasteiger partial charge < -0.3 is 14.7 Å². The molecule has 2 atom stereocenters. The Bertz CT molecular complexity index is 244. The van der Waals surface area contributed by atoms with Gasteiger partial charge in [-0.15, -0.1) is 0 Å². The van der Waals surface area contributed by atoms with Crippen molar-refractivity contribution in [2.45, 2.75) is 51.2 Å². The number of carboxylic acid groups (broad SMARTS) is 1. The maximum atomic E-state index is 10.5. The molecule has 16 heavy (non-hydrogen) atoms. The van der Waals surface area contributed by atoms with Crippen LogP contribution < -0.4 is 0 Å². The minimum absolute atomic E-state index is 0.0274. The highest BCUT2D eigenvalue weighted by atomic mass is 16.5. The number of nitrogens with zero attached hydrogens (tertiary/aromatic N) is 1. The van der Waals surface area contributed by atoms with E-state index >= 15 is 0 Å². The minimum atomic E-state index is -0.725. The van der Waals surface area contributed by atoms with E-state index in [0.717, 1.165) is 25.9 Å². The summed E-state index contributed by atoms with van der Waals surface area (Å²) >= 11 is 0. The average Bonchev–Trinajstić information content (AvgIpc) is 2.26. The van der Waals surface area contributed by atoms with Crippen molar-refractivity contribution in [3.8, 4) is 0 Å². The van der Waals surface area contributed by atoms with E-state index in [4.69, 9.17) is 9.84 Å². The first-order chi connectivity index (χ1) is 7.47. The van der Waals surface area contributed by atoms with Crippen LogP contribution in [-0.4, -0.2) is 47.8 Å². The maximum absolute atomic E-state index is 10.5. The Balaban J connectivity index is 2.43. The molecule has 0 aliphatic carbocycles. The van der Waals surface area contributed by atoms with Gasteiger partial charge in [0.05, 0.1) is 12.0 Å². The van der Waals surface area contributed by atoms with E-state index in [1.54, 1.807) is 0 Å². The quantitative estimate of drug-likeness (QED) is 0.780. The second-order valence-electron chi connectivity index (χ2n) is 4.92. The molecule has 1 heterocycles. The van der Waals surface area contributed by atoms with Gasteiger partial charge in [-0.1, -0.05) is 6.92 Å². The summed E-state index contributed by atoms with van der Waals surface area (Å²) in [6.45, 7) is 5.69. The summed E-state index contributed by atoms with van der Waals surface area (Å²) in [5, 5.41) is 8.66. The standard InChI is InChI=1S/C12H23NO3/c1-4-12(2)9-10(6-8-16-12)13(3)7-5-11(14)15/h10H,4-9H2,1-3H3,(H,14,15). The molecule has 1 rings (SSSR count). The van der Waals surface area contributed by atoms with E-state index in [1.165, 1.54) is 0 Å². The van der Waals surface area contributed by atoms with Crippen molar-refractivity contribution in [3.63, 3.8) is 0 Å². The van der Waals surface area contributed by atoms with Crippen molar-refractivity contribution in [2.75, 3.05) is 20.2 Å². The second-order valence-corrected chi connectivity index (χ2v) is 4.92. The van der Waals surface area contributed by atoms with Gasteiger partial charge >= 0.3 is 5.97 Å². The highest BCUT2D eigenvalue weighted by Crippen LogP contribution is 2.29. The molecule has 4 heteroatoms. The first-order valence-electron chi connectivity index (χ1n) is 6.03. The molecular weight excluding hydrogens is 206 g/mol. The number of carboxylic acids is 1. The van der Waals surface area contributed by atoms with Crippen molar-refractivity contribution >= 4 is 5.97 Å². The first-order valence-corrected chi connectivity index (χ1v) is 6.03. The highest BCUT2D eigenvalue weighted by Gasteiger charge is 2.33.